The maximum atomic E-state index is 6.01. The lowest BCUT2D eigenvalue weighted by molar-refractivity contribution is 0.0628. The van der Waals surface area contributed by atoms with Gasteiger partial charge in [-0.1, -0.05) is 51.7 Å². The quantitative estimate of drug-likeness (QED) is 0.232. The lowest BCUT2D eigenvalue weighted by Gasteiger charge is -2.19. The molecular formula is C20H38O. The van der Waals surface area contributed by atoms with Gasteiger partial charge in [-0.25, -0.2) is 0 Å². The molecule has 0 aliphatic rings. The number of hydrogen-bond donors (Lipinski definition) is 0. The predicted molar refractivity (Wildman–Crippen MR) is 95.7 cm³/mol. The van der Waals surface area contributed by atoms with E-state index in [-0.39, 0.29) is 0 Å². The molecule has 124 valence electrons. The van der Waals surface area contributed by atoms with Crippen molar-refractivity contribution in [2.24, 2.45) is 11.8 Å². The molecule has 1 nitrogen and oxygen atoms in total. The first-order chi connectivity index (χ1) is 10.3. The van der Waals surface area contributed by atoms with Crippen LogP contribution < -0.4 is 0 Å². The average molecular weight is 295 g/mol. The van der Waals surface area contributed by atoms with Crippen molar-refractivity contribution in [3.8, 4) is 0 Å². The van der Waals surface area contributed by atoms with Crippen molar-refractivity contribution in [1.82, 2.24) is 0 Å². The molecule has 2 unspecified atom stereocenters. The van der Waals surface area contributed by atoms with Gasteiger partial charge >= 0.3 is 0 Å². The molecule has 0 N–H and O–H groups in total. The molecule has 0 radical (unpaired) electrons. The number of allylic oxidation sites excluding steroid dienone is 2. The summed E-state index contributed by atoms with van der Waals surface area (Å²) in [4.78, 5) is 0. The molecular weight excluding hydrogens is 256 g/mol. The van der Waals surface area contributed by atoms with Gasteiger partial charge in [0, 0.05) is 13.2 Å². The number of unbranched alkanes of at least 4 members (excludes halogenated alkanes) is 4. The van der Waals surface area contributed by atoms with E-state index in [0.29, 0.717) is 0 Å². The minimum absolute atomic E-state index is 0.744. The first-order valence-corrected chi connectivity index (χ1v) is 9.07. The van der Waals surface area contributed by atoms with Crippen LogP contribution in [0.1, 0.15) is 78.1 Å². The lowest BCUT2D eigenvalue weighted by Crippen LogP contribution is -2.14. The Morgan fingerprint density at radius 1 is 0.762 bits per heavy atom. The molecule has 21 heavy (non-hydrogen) atoms. The molecule has 0 saturated carbocycles. The molecule has 0 aliphatic carbocycles. The van der Waals surface area contributed by atoms with Crippen LogP contribution in [0.15, 0.2) is 25.3 Å². The fourth-order valence-corrected chi connectivity index (χ4v) is 2.66. The number of hydrogen-bond acceptors (Lipinski definition) is 1. The summed E-state index contributed by atoms with van der Waals surface area (Å²) < 4.78 is 6.01. The molecule has 0 rings (SSSR count). The van der Waals surface area contributed by atoms with Gasteiger partial charge in [0.25, 0.3) is 0 Å². The van der Waals surface area contributed by atoms with Gasteiger partial charge < -0.3 is 4.74 Å². The van der Waals surface area contributed by atoms with Crippen molar-refractivity contribution in [3.63, 3.8) is 0 Å². The summed E-state index contributed by atoms with van der Waals surface area (Å²) in [6.07, 6.45) is 16.6. The zero-order chi connectivity index (χ0) is 15.8. The van der Waals surface area contributed by atoms with Crippen LogP contribution >= 0.6 is 0 Å². The summed E-state index contributed by atoms with van der Waals surface area (Å²) in [7, 11) is 0. The van der Waals surface area contributed by atoms with Gasteiger partial charge in [-0.15, -0.1) is 13.2 Å². The standard InChI is InChI=1S/C20H38O/c1-5-9-11-13-15-19(7-3)17-21-18-20(8-4)16-14-12-10-6-2/h5-6,19-20H,1-2,7-18H2,3-4H3. The van der Waals surface area contributed by atoms with Gasteiger partial charge in [0.2, 0.25) is 0 Å². The summed E-state index contributed by atoms with van der Waals surface area (Å²) >= 11 is 0. The van der Waals surface area contributed by atoms with E-state index < -0.39 is 0 Å². The van der Waals surface area contributed by atoms with Crippen LogP contribution in [0.3, 0.4) is 0 Å². The topological polar surface area (TPSA) is 9.23 Å². The first kappa shape index (κ1) is 20.4. The van der Waals surface area contributed by atoms with E-state index in [9.17, 15) is 0 Å². The molecule has 2 atom stereocenters. The van der Waals surface area contributed by atoms with Gasteiger partial charge in [0.1, 0.15) is 0 Å². The Balaban J connectivity index is 3.68. The molecule has 0 aromatic heterocycles. The number of rotatable bonds is 16. The molecule has 0 heterocycles. The highest BCUT2D eigenvalue weighted by Crippen LogP contribution is 2.17. The van der Waals surface area contributed by atoms with E-state index in [1.807, 2.05) is 12.2 Å². The van der Waals surface area contributed by atoms with Crippen molar-refractivity contribution in [1.29, 1.82) is 0 Å². The summed E-state index contributed by atoms with van der Waals surface area (Å²) in [6, 6.07) is 0. The second-order valence-electron chi connectivity index (χ2n) is 6.23. The fourth-order valence-electron chi connectivity index (χ4n) is 2.66. The Morgan fingerprint density at radius 2 is 1.19 bits per heavy atom. The van der Waals surface area contributed by atoms with Crippen LogP contribution in [0.2, 0.25) is 0 Å². The van der Waals surface area contributed by atoms with Crippen molar-refractivity contribution < 1.29 is 4.74 Å². The van der Waals surface area contributed by atoms with E-state index >= 15 is 0 Å². The second kappa shape index (κ2) is 15.8. The predicted octanol–water partition coefficient (Wildman–Crippen LogP) is 6.55. The molecule has 0 aromatic carbocycles. The molecule has 0 aliphatic heterocycles. The molecule has 0 fully saturated rings. The van der Waals surface area contributed by atoms with Gasteiger partial charge in [0.15, 0.2) is 0 Å². The van der Waals surface area contributed by atoms with Gasteiger partial charge in [0.05, 0.1) is 0 Å². The van der Waals surface area contributed by atoms with Crippen LogP contribution in [0.5, 0.6) is 0 Å². The van der Waals surface area contributed by atoms with Crippen molar-refractivity contribution >= 4 is 0 Å². The van der Waals surface area contributed by atoms with Crippen LogP contribution in [-0.2, 0) is 4.74 Å². The van der Waals surface area contributed by atoms with Gasteiger partial charge in [-0.3, -0.25) is 0 Å². The molecule has 0 amide bonds. The highest BCUT2D eigenvalue weighted by Gasteiger charge is 2.10. The third-order valence-electron chi connectivity index (χ3n) is 4.40. The Kier molecular flexibility index (Phi) is 15.4. The molecule has 0 spiro atoms. The van der Waals surface area contributed by atoms with Gasteiger partial charge in [-0.05, 0) is 50.4 Å². The maximum absolute atomic E-state index is 6.01. The number of ether oxygens (including phenoxy) is 1. The summed E-state index contributed by atoms with van der Waals surface area (Å²) in [5.74, 6) is 1.49. The zero-order valence-corrected chi connectivity index (χ0v) is 14.6. The Labute approximate surface area is 133 Å². The van der Waals surface area contributed by atoms with Crippen molar-refractivity contribution in [3.05, 3.63) is 25.3 Å². The first-order valence-electron chi connectivity index (χ1n) is 9.07. The third kappa shape index (κ3) is 12.9. The van der Waals surface area contributed by atoms with Crippen LogP contribution in [0.25, 0.3) is 0 Å². The highest BCUT2D eigenvalue weighted by atomic mass is 16.5. The highest BCUT2D eigenvalue weighted by molar-refractivity contribution is 4.68. The van der Waals surface area contributed by atoms with E-state index in [2.05, 4.69) is 27.0 Å². The Bertz CT molecular complexity index is 210. The SMILES string of the molecule is C=CCCCCC(CC)COCC(CC)CCCCC=C. The Morgan fingerprint density at radius 3 is 1.52 bits per heavy atom. The largest absolute Gasteiger partial charge is 0.381 e. The summed E-state index contributed by atoms with van der Waals surface area (Å²) in [6.45, 7) is 14.0. The van der Waals surface area contributed by atoms with Gasteiger partial charge in [-0.2, -0.15) is 0 Å². The zero-order valence-electron chi connectivity index (χ0n) is 14.6. The summed E-state index contributed by atoms with van der Waals surface area (Å²) in [5.41, 5.74) is 0. The Hall–Kier alpha value is -0.560. The maximum Gasteiger partial charge on any atom is 0.0494 e. The normalized spacial score (nSPS) is 13.8. The van der Waals surface area contributed by atoms with Crippen LogP contribution in [-0.4, -0.2) is 13.2 Å². The smallest absolute Gasteiger partial charge is 0.0494 e. The fraction of sp³-hybridized carbons (Fsp3) is 0.800. The third-order valence-corrected chi connectivity index (χ3v) is 4.40. The molecule has 0 saturated heterocycles. The second-order valence-corrected chi connectivity index (χ2v) is 6.23. The van der Waals surface area contributed by atoms with Crippen LogP contribution in [0.4, 0.5) is 0 Å². The molecule has 1 heteroatoms. The van der Waals surface area contributed by atoms with Crippen LogP contribution in [0, 0.1) is 11.8 Å². The minimum atomic E-state index is 0.744. The van der Waals surface area contributed by atoms with E-state index in [0.717, 1.165) is 37.9 Å². The molecule has 0 aromatic rings. The summed E-state index contributed by atoms with van der Waals surface area (Å²) in [5, 5.41) is 0. The minimum Gasteiger partial charge on any atom is -0.381 e. The van der Waals surface area contributed by atoms with E-state index in [4.69, 9.17) is 4.74 Å². The van der Waals surface area contributed by atoms with E-state index in [1.54, 1.807) is 0 Å². The lowest BCUT2D eigenvalue weighted by atomic mass is 9.98. The average Bonchev–Trinajstić information content (AvgIpc) is 2.51. The van der Waals surface area contributed by atoms with Crippen molar-refractivity contribution in [2.45, 2.75) is 78.1 Å². The monoisotopic (exact) mass is 294 g/mol. The van der Waals surface area contributed by atoms with Crippen molar-refractivity contribution in [2.75, 3.05) is 13.2 Å². The molecule has 0 bridgehead atoms. The van der Waals surface area contributed by atoms with E-state index in [1.165, 1.54) is 51.4 Å².